The quantitative estimate of drug-likeness (QED) is 0.856. The third-order valence-corrected chi connectivity index (χ3v) is 4.99. The lowest BCUT2D eigenvalue weighted by Crippen LogP contribution is -2.13. The smallest absolute Gasteiger partial charge is 0.236 e. The number of carbonyl (C=O) groups is 1. The molecule has 0 bridgehead atoms. The van der Waals surface area contributed by atoms with E-state index in [1.165, 1.54) is 11.3 Å². The maximum absolute atomic E-state index is 11.8. The number of rotatable bonds is 6. The molecule has 4 nitrogen and oxygen atoms in total. The predicted octanol–water partition coefficient (Wildman–Crippen LogP) is 4.19. The minimum absolute atomic E-state index is 0.0552. The van der Waals surface area contributed by atoms with E-state index in [9.17, 15) is 4.79 Å². The van der Waals surface area contributed by atoms with Crippen molar-refractivity contribution < 1.29 is 4.79 Å². The molecule has 21 heavy (non-hydrogen) atoms. The van der Waals surface area contributed by atoms with Crippen molar-refractivity contribution in [2.75, 3.05) is 11.1 Å². The van der Waals surface area contributed by atoms with Crippen LogP contribution in [0.4, 0.5) is 5.13 Å². The lowest BCUT2D eigenvalue weighted by molar-refractivity contribution is -0.113. The van der Waals surface area contributed by atoms with Crippen LogP contribution in [0.15, 0.2) is 24.3 Å². The van der Waals surface area contributed by atoms with Crippen LogP contribution < -0.4 is 5.32 Å². The number of nitrogens with zero attached hydrogens (tertiary/aromatic N) is 2. The first-order valence-electron chi connectivity index (χ1n) is 6.50. The summed E-state index contributed by atoms with van der Waals surface area (Å²) in [6, 6.07) is 7.64. The van der Waals surface area contributed by atoms with Crippen LogP contribution in [-0.4, -0.2) is 21.9 Å². The molecule has 0 aliphatic rings. The minimum Gasteiger partial charge on any atom is -0.300 e. The molecule has 1 heterocycles. The molecule has 112 valence electrons. The van der Waals surface area contributed by atoms with E-state index >= 15 is 0 Å². The summed E-state index contributed by atoms with van der Waals surface area (Å²) in [4.78, 5) is 11.8. The summed E-state index contributed by atoms with van der Waals surface area (Å²) in [6.45, 7) is 4.10. The Morgan fingerprint density at radius 2 is 2.05 bits per heavy atom. The van der Waals surface area contributed by atoms with Crippen LogP contribution in [0.3, 0.4) is 0 Å². The standard InChI is InChI=1S/C14H16ClN3OS2/c1-9(2)13-17-18-14(21-13)16-12(19)8-20-7-10-3-5-11(15)6-4-10/h3-6,9H,7-8H2,1-2H3,(H,16,18,19). The van der Waals surface area contributed by atoms with E-state index in [1.807, 2.05) is 38.1 Å². The Kier molecular flexibility index (Phi) is 6.02. The second-order valence-electron chi connectivity index (χ2n) is 4.77. The van der Waals surface area contributed by atoms with Crippen molar-refractivity contribution >= 4 is 45.7 Å². The highest BCUT2D eigenvalue weighted by molar-refractivity contribution is 7.99. The number of hydrogen-bond donors (Lipinski definition) is 1. The number of hydrogen-bond acceptors (Lipinski definition) is 5. The lowest BCUT2D eigenvalue weighted by atomic mass is 10.2. The highest BCUT2D eigenvalue weighted by atomic mass is 35.5. The summed E-state index contributed by atoms with van der Waals surface area (Å²) < 4.78 is 0. The molecule has 2 aromatic rings. The Balaban J connectivity index is 1.75. The van der Waals surface area contributed by atoms with Crippen LogP contribution in [0.1, 0.15) is 30.3 Å². The fourth-order valence-electron chi connectivity index (χ4n) is 1.52. The molecule has 0 saturated carbocycles. The molecule has 1 aromatic carbocycles. The van der Waals surface area contributed by atoms with Gasteiger partial charge in [0, 0.05) is 16.7 Å². The van der Waals surface area contributed by atoms with Gasteiger partial charge in [0.25, 0.3) is 0 Å². The van der Waals surface area contributed by atoms with E-state index in [4.69, 9.17) is 11.6 Å². The molecule has 1 N–H and O–H groups in total. The molecule has 0 fully saturated rings. The molecule has 0 unspecified atom stereocenters. The molecule has 0 aliphatic heterocycles. The van der Waals surface area contributed by atoms with Crippen molar-refractivity contribution in [1.82, 2.24) is 10.2 Å². The van der Waals surface area contributed by atoms with Crippen molar-refractivity contribution in [2.24, 2.45) is 0 Å². The molecule has 0 saturated heterocycles. The van der Waals surface area contributed by atoms with Crippen LogP contribution in [0.2, 0.25) is 5.02 Å². The summed E-state index contributed by atoms with van der Waals surface area (Å²) in [7, 11) is 0. The van der Waals surface area contributed by atoms with Gasteiger partial charge in [-0.3, -0.25) is 10.1 Å². The van der Waals surface area contributed by atoms with Gasteiger partial charge < -0.3 is 0 Å². The Labute approximate surface area is 137 Å². The maximum Gasteiger partial charge on any atom is 0.236 e. The van der Waals surface area contributed by atoms with Gasteiger partial charge in [0.15, 0.2) is 0 Å². The fraction of sp³-hybridized carbons (Fsp3) is 0.357. The Morgan fingerprint density at radius 3 is 2.67 bits per heavy atom. The van der Waals surface area contributed by atoms with E-state index in [0.29, 0.717) is 16.8 Å². The van der Waals surface area contributed by atoms with Crippen molar-refractivity contribution in [3.63, 3.8) is 0 Å². The molecular formula is C14H16ClN3OS2. The van der Waals surface area contributed by atoms with E-state index in [0.717, 1.165) is 21.3 Å². The van der Waals surface area contributed by atoms with E-state index in [-0.39, 0.29) is 5.91 Å². The highest BCUT2D eigenvalue weighted by Gasteiger charge is 2.10. The molecule has 0 aliphatic carbocycles. The van der Waals surface area contributed by atoms with Gasteiger partial charge in [0.05, 0.1) is 5.75 Å². The number of thioether (sulfide) groups is 1. The SMILES string of the molecule is CC(C)c1nnc(NC(=O)CSCc2ccc(Cl)cc2)s1. The largest absolute Gasteiger partial charge is 0.300 e. The Morgan fingerprint density at radius 1 is 1.33 bits per heavy atom. The molecular weight excluding hydrogens is 326 g/mol. The number of nitrogens with one attached hydrogen (secondary N) is 1. The zero-order valence-corrected chi connectivity index (χ0v) is 14.2. The first-order chi connectivity index (χ1) is 10.0. The van der Waals surface area contributed by atoms with Gasteiger partial charge in [0.2, 0.25) is 11.0 Å². The summed E-state index contributed by atoms with van der Waals surface area (Å²) in [5.41, 5.74) is 1.15. The van der Waals surface area contributed by atoms with Gasteiger partial charge in [0.1, 0.15) is 5.01 Å². The first kappa shape index (κ1) is 16.3. The molecule has 7 heteroatoms. The molecule has 1 aromatic heterocycles. The average Bonchev–Trinajstić information content (AvgIpc) is 2.90. The van der Waals surface area contributed by atoms with E-state index in [1.54, 1.807) is 11.8 Å². The Bertz CT molecular complexity index is 599. The number of aromatic nitrogens is 2. The number of benzene rings is 1. The molecule has 0 atom stereocenters. The van der Waals surface area contributed by atoms with Crippen molar-refractivity contribution in [3.05, 3.63) is 39.9 Å². The zero-order valence-electron chi connectivity index (χ0n) is 11.8. The van der Waals surface area contributed by atoms with Crippen molar-refractivity contribution in [3.8, 4) is 0 Å². The Hall–Kier alpha value is -1.11. The predicted molar refractivity (Wildman–Crippen MR) is 90.2 cm³/mol. The van der Waals surface area contributed by atoms with Gasteiger partial charge >= 0.3 is 0 Å². The van der Waals surface area contributed by atoms with Gasteiger partial charge in [-0.1, -0.05) is 48.9 Å². The van der Waals surface area contributed by atoms with Crippen LogP contribution in [0.25, 0.3) is 0 Å². The topological polar surface area (TPSA) is 54.9 Å². The number of halogens is 1. The molecule has 0 spiro atoms. The third-order valence-electron chi connectivity index (χ3n) is 2.60. The summed E-state index contributed by atoms with van der Waals surface area (Å²) in [5.74, 6) is 1.44. The first-order valence-corrected chi connectivity index (χ1v) is 8.85. The molecule has 2 rings (SSSR count). The van der Waals surface area contributed by atoms with E-state index in [2.05, 4.69) is 15.5 Å². The van der Waals surface area contributed by atoms with Crippen molar-refractivity contribution in [2.45, 2.75) is 25.5 Å². The maximum atomic E-state index is 11.8. The highest BCUT2D eigenvalue weighted by Crippen LogP contribution is 2.22. The third kappa shape index (κ3) is 5.30. The normalized spacial score (nSPS) is 10.9. The van der Waals surface area contributed by atoms with Gasteiger partial charge in [-0.05, 0) is 17.7 Å². The van der Waals surface area contributed by atoms with Crippen LogP contribution in [-0.2, 0) is 10.5 Å². The number of anilines is 1. The minimum atomic E-state index is -0.0552. The van der Waals surface area contributed by atoms with Crippen molar-refractivity contribution in [1.29, 1.82) is 0 Å². The fourth-order valence-corrected chi connectivity index (χ4v) is 3.19. The lowest BCUT2D eigenvalue weighted by Gasteiger charge is -2.02. The van der Waals surface area contributed by atoms with Gasteiger partial charge in [-0.2, -0.15) is 0 Å². The van der Waals surface area contributed by atoms with Gasteiger partial charge in [-0.25, -0.2) is 0 Å². The second-order valence-corrected chi connectivity index (χ2v) is 7.20. The second kappa shape index (κ2) is 7.77. The summed E-state index contributed by atoms with van der Waals surface area (Å²) in [6.07, 6.45) is 0. The molecule has 0 radical (unpaired) electrons. The number of carbonyl (C=O) groups excluding carboxylic acids is 1. The summed E-state index contributed by atoms with van der Waals surface area (Å²) in [5, 5.41) is 13.0. The van der Waals surface area contributed by atoms with Gasteiger partial charge in [-0.15, -0.1) is 22.0 Å². The van der Waals surface area contributed by atoms with Crippen LogP contribution >= 0.6 is 34.7 Å². The van der Waals surface area contributed by atoms with Crippen LogP contribution in [0, 0.1) is 0 Å². The zero-order chi connectivity index (χ0) is 15.2. The van der Waals surface area contributed by atoms with Crippen LogP contribution in [0.5, 0.6) is 0 Å². The average molecular weight is 342 g/mol. The summed E-state index contributed by atoms with van der Waals surface area (Å²) >= 11 is 8.80. The molecule has 1 amide bonds. The number of amides is 1. The van der Waals surface area contributed by atoms with E-state index < -0.39 is 0 Å². The monoisotopic (exact) mass is 341 g/mol.